The number of hydrogen-bond donors (Lipinski definition) is 1. The number of rotatable bonds is 6. The van der Waals surface area contributed by atoms with Gasteiger partial charge in [0.2, 0.25) is 5.91 Å². The van der Waals surface area contributed by atoms with Gasteiger partial charge in [-0.1, -0.05) is 42.1 Å². The summed E-state index contributed by atoms with van der Waals surface area (Å²) in [6.45, 7) is 0. The van der Waals surface area contributed by atoms with Crippen LogP contribution in [0.15, 0.2) is 84.0 Å². The van der Waals surface area contributed by atoms with Crippen molar-refractivity contribution >= 4 is 23.4 Å². The van der Waals surface area contributed by atoms with Crippen molar-refractivity contribution in [3.05, 3.63) is 90.5 Å². The molecule has 0 aliphatic heterocycles. The van der Waals surface area contributed by atoms with Gasteiger partial charge in [0.1, 0.15) is 11.6 Å². The molecule has 4 rings (SSSR count). The molecule has 4 aromatic rings. The van der Waals surface area contributed by atoms with Crippen LogP contribution in [0.3, 0.4) is 0 Å². The lowest BCUT2D eigenvalue weighted by Crippen LogP contribution is -2.14. The third-order valence-electron chi connectivity index (χ3n) is 4.19. The molecule has 30 heavy (non-hydrogen) atoms. The largest absolute Gasteiger partial charge is 0.325 e. The van der Waals surface area contributed by atoms with E-state index < -0.39 is 0 Å². The maximum absolute atomic E-state index is 13.7. The summed E-state index contributed by atoms with van der Waals surface area (Å²) in [5, 5.41) is 11.6. The smallest absolute Gasteiger partial charge is 0.234 e. The molecule has 5 nitrogen and oxygen atoms in total. The first kappa shape index (κ1) is 19.8. The molecule has 0 bridgehead atoms. The Morgan fingerprint density at radius 1 is 0.900 bits per heavy atom. The van der Waals surface area contributed by atoms with Gasteiger partial charge < -0.3 is 5.32 Å². The van der Waals surface area contributed by atoms with Gasteiger partial charge in [0.05, 0.1) is 5.75 Å². The lowest BCUT2D eigenvalue weighted by molar-refractivity contribution is -0.113. The molecule has 0 spiro atoms. The molecular weight excluding hydrogens is 406 g/mol. The normalized spacial score (nSPS) is 10.7. The third kappa shape index (κ3) is 4.55. The number of anilines is 1. The summed E-state index contributed by atoms with van der Waals surface area (Å²) in [4.78, 5) is 12.3. The molecular formula is C22H16F2N4OS. The average Bonchev–Trinajstić information content (AvgIpc) is 3.19. The first-order chi connectivity index (χ1) is 14.6. The van der Waals surface area contributed by atoms with E-state index in [1.165, 1.54) is 48.2 Å². The van der Waals surface area contributed by atoms with Crippen LogP contribution < -0.4 is 5.32 Å². The van der Waals surface area contributed by atoms with Gasteiger partial charge in [-0.05, 0) is 48.5 Å². The second-order valence-electron chi connectivity index (χ2n) is 6.33. The van der Waals surface area contributed by atoms with E-state index in [1.54, 1.807) is 16.7 Å². The van der Waals surface area contributed by atoms with Gasteiger partial charge in [0.25, 0.3) is 0 Å². The van der Waals surface area contributed by atoms with Crippen LogP contribution in [0.1, 0.15) is 0 Å². The van der Waals surface area contributed by atoms with Crippen molar-refractivity contribution < 1.29 is 13.6 Å². The van der Waals surface area contributed by atoms with E-state index in [9.17, 15) is 13.6 Å². The van der Waals surface area contributed by atoms with Crippen LogP contribution in [0.25, 0.3) is 17.1 Å². The molecule has 0 radical (unpaired) electrons. The van der Waals surface area contributed by atoms with Crippen LogP contribution in [0.4, 0.5) is 14.5 Å². The molecule has 1 heterocycles. The fourth-order valence-electron chi connectivity index (χ4n) is 2.85. The van der Waals surface area contributed by atoms with E-state index in [1.807, 2.05) is 30.3 Å². The number of halogens is 2. The maximum atomic E-state index is 13.7. The molecule has 0 aliphatic carbocycles. The molecule has 3 aromatic carbocycles. The number of carbonyl (C=O) groups excluding carboxylic acids is 1. The van der Waals surface area contributed by atoms with Crippen LogP contribution in [0.5, 0.6) is 0 Å². The van der Waals surface area contributed by atoms with Crippen LogP contribution in [-0.4, -0.2) is 26.4 Å². The third-order valence-corrected chi connectivity index (χ3v) is 5.12. The highest BCUT2D eigenvalue weighted by atomic mass is 32.2. The Bertz CT molecular complexity index is 1160. The summed E-state index contributed by atoms with van der Waals surface area (Å²) in [7, 11) is 0. The van der Waals surface area contributed by atoms with Gasteiger partial charge in [0.15, 0.2) is 11.0 Å². The van der Waals surface area contributed by atoms with E-state index in [0.717, 1.165) is 5.69 Å². The fraction of sp³-hybridized carbons (Fsp3) is 0.0455. The lowest BCUT2D eigenvalue weighted by Gasteiger charge is -2.10. The summed E-state index contributed by atoms with van der Waals surface area (Å²) in [5.41, 5.74) is 1.88. The number of hydrogen-bond acceptors (Lipinski definition) is 4. The van der Waals surface area contributed by atoms with Crippen molar-refractivity contribution in [1.82, 2.24) is 14.8 Å². The first-order valence-electron chi connectivity index (χ1n) is 9.05. The number of para-hydroxylation sites is 1. The number of carbonyl (C=O) groups is 1. The number of thioether (sulfide) groups is 1. The van der Waals surface area contributed by atoms with E-state index in [0.29, 0.717) is 22.2 Å². The minimum atomic E-state index is -0.372. The molecule has 0 fully saturated rings. The highest BCUT2D eigenvalue weighted by molar-refractivity contribution is 7.99. The SMILES string of the molecule is O=C(CSc1nnc(-c2cccc(F)c2)n1-c1ccccc1)Nc1ccc(F)cc1. The summed E-state index contributed by atoms with van der Waals surface area (Å²) in [6, 6.07) is 21.1. The van der Waals surface area contributed by atoms with Crippen LogP contribution in [0, 0.1) is 11.6 Å². The molecule has 8 heteroatoms. The van der Waals surface area contributed by atoms with Gasteiger partial charge in [-0.2, -0.15) is 0 Å². The second kappa shape index (κ2) is 8.87. The number of nitrogens with one attached hydrogen (secondary N) is 1. The minimum Gasteiger partial charge on any atom is -0.325 e. The van der Waals surface area contributed by atoms with E-state index in [4.69, 9.17) is 0 Å². The zero-order valence-electron chi connectivity index (χ0n) is 15.6. The first-order valence-corrected chi connectivity index (χ1v) is 10.0. The zero-order valence-corrected chi connectivity index (χ0v) is 16.4. The summed E-state index contributed by atoms with van der Waals surface area (Å²) < 4.78 is 28.5. The Kier molecular flexibility index (Phi) is 5.85. The molecule has 0 atom stereocenters. The van der Waals surface area contributed by atoms with Gasteiger partial charge in [-0.25, -0.2) is 8.78 Å². The van der Waals surface area contributed by atoms with Crippen LogP contribution in [0.2, 0.25) is 0 Å². The summed E-state index contributed by atoms with van der Waals surface area (Å²) in [6.07, 6.45) is 0. The van der Waals surface area contributed by atoms with Crippen molar-refractivity contribution in [3.63, 3.8) is 0 Å². The Morgan fingerprint density at radius 2 is 1.67 bits per heavy atom. The molecule has 0 saturated heterocycles. The molecule has 150 valence electrons. The van der Waals surface area contributed by atoms with Crippen molar-refractivity contribution in [2.24, 2.45) is 0 Å². The zero-order chi connectivity index (χ0) is 20.9. The Morgan fingerprint density at radius 3 is 2.40 bits per heavy atom. The highest BCUT2D eigenvalue weighted by Gasteiger charge is 2.17. The Labute approximate surface area is 175 Å². The van der Waals surface area contributed by atoms with Crippen molar-refractivity contribution in [2.75, 3.05) is 11.1 Å². The van der Waals surface area contributed by atoms with Gasteiger partial charge >= 0.3 is 0 Å². The number of benzene rings is 3. The molecule has 1 amide bonds. The number of amides is 1. The Balaban J connectivity index is 1.58. The summed E-state index contributed by atoms with van der Waals surface area (Å²) >= 11 is 1.20. The number of aromatic nitrogens is 3. The molecule has 1 N–H and O–H groups in total. The topological polar surface area (TPSA) is 59.8 Å². The minimum absolute atomic E-state index is 0.0749. The van der Waals surface area contributed by atoms with Gasteiger partial charge in [0, 0.05) is 16.9 Å². The molecule has 1 aromatic heterocycles. The summed E-state index contributed by atoms with van der Waals surface area (Å²) in [5.74, 6) is -0.458. The molecule has 0 unspecified atom stereocenters. The van der Waals surface area contributed by atoms with Gasteiger partial charge in [-0.3, -0.25) is 9.36 Å². The standard InChI is InChI=1S/C22H16F2N4OS/c23-16-9-11-18(12-10-16)25-20(29)14-30-22-27-26-21(15-5-4-6-17(24)13-15)28(22)19-7-2-1-3-8-19/h1-13H,14H2,(H,25,29). The van der Waals surface area contributed by atoms with E-state index in [2.05, 4.69) is 15.5 Å². The molecule has 0 saturated carbocycles. The van der Waals surface area contributed by atoms with Crippen molar-refractivity contribution in [3.8, 4) is 17.1 Å². The van der Waals surface area contributed by atoms with Gasteiger partial charge in [-0.15, -0.1) is 10.2 Å². The average molecular weight is 422 g/mol. The predicted octanol–water partition coefficient (Wildman–Crippen LogP) is 4.94. The highest BCUT2D eigenvalue weighted by Crippen LogP contribution is 2.28. The van der Waals surface area contributed by atoms with Crippen LogP contribution >= 0.6 is 11.8 Å². The lowest BCUT2D eigenvalue weighted by atomic mass is 10.2. The Hall–Kier alpha value is -3.52. The van der Waals surface area contributed by atoms with E-state index >= 15 is 0 Å². The van der Waals surface area contributed by atoms with E-state index in [-0.39, 0.29) is 23.3 Å². The quantitative estimate of drug-likeness (QED) is 0.447. The van der Waals surface area contributed by atoms with Crippen molar-refractivity contribution in [2.45, 2.75) is 5.16 Å². The maximum Gasteiger partial charge on any atom is 0.234 e. The predicted molar refractivity (Wildman–Crippen MR) is 113 cm³/mol. The monoisotopic (exact) mass is 422 g/mol. The van der Waals surface area contributed by atoms with Crippen molar-refractivity contribution in [1.29, 1.82) is 0 Å². The number of nitrogens with zero attached hydrogens (tertiary/aromatic N) is 3. The fourth-order valence-corrected chi connectivity index (χ4v) is 3.60. The molecule has 0 aliphatic rings. The second-order valence-corrected chi connectivity index (χ2v) is 7.27. The van der Waals surface area contributed by atoms with Crippen LogP contribution in [-0.2, 0) is 4.79 Å².